The smallest absolute Gasteiger partial charge is 0.305 e. The molecule has 1 N–H and O–H groups in total. The Labute approximate surface area is 157 Å². The van der Waals surface area contributed by atoms with Crippen molar-refractivity contribution in [2.45, 2.75) is 37.3 Å². The molecule has 0 spiro atoms. The van der Waals surface area contributed by atoms with E-state index in [2.05, 4.69) is 12.1 Å². The van der Waals surface area contributed by atoms with Crippen LogP contribution in [-0.4, -0.2) is 52.6 Å². The van der Waals surface area contributed by atoms with Crippen molar-refractivity contribution in [2.75, 3.05) is 24.7 Å². The predicted octanol–water partition coefficient (Wildman–Crippen LogP) is 3.65. The van der Waals surface area contributed by atoms with Crippen molar-refractivity contribution in [3.8, 4) is 5.75 Å². The molecule has 5 nitrogen and oxygen atoms in total. The number of nitrogens with zero attached hydrogens (tertiary/aromatic N) is 1. The van der Waals surface area contributed by atoms with Crippen LogP contribution in [0.5, 0.6) is 5.75 Å². The van der Waals surface area contributed by atoms with Crippen LogP contribution in [-0.2, 0) is 9.59 Å². The van der Waals surface area contributed by atoms with Crippen molar-refractivity contribution in [1.82, 2.24) is 4.90 Å². The van der Waals surface area contributed by atoms with Gasteiger partial charge in [-0.25, -0.2) is 0 Å². The molecule has 2 rings (SSSR count). The van der Waals surface area contributed by atoms with E-state index in [4.69, 9.17) is 9.84 Å². The van der Waals surface area contributed by atoms with Gasteiger partial charge in [0.1, 0.15) is 5.75 Å². The average Bonchev–Trinajstić information content (AvgIpc) is 2.61. The Balaban J connectivity index is 1.86. The highest BCUT2D eigenvalue weighted by Crippen LogP contribution is 2.43. The molecule has 138 valence electrons. The van der Waals surface area contributed by atoms with Crippen molar-refractivity contribution < 1.29 is 19.4 Å². The first-order chi connectivity index (χ1) is 12.0. The molecule has 0 atom stereocenters. The summed E-state index contributed by atoms with van der Waals surface area (Å²) in [6.07, 6.45) is 1.21. The molecule has 0 unspecified atom stereocenters. The molecule has 0 aromatic heterocycles. The molecule has 1 aromatic rings. The van der Waals surface area contributed by atoms with Gasteiger partial charge in [0.15, 0.2) is 6.61 Å². The van der Waals surface area contributed by atoms with E-state index in [1.165, 1.54) is 28.4 Å². The van der Waals surface area contributed by atoms with Gasteiger partial charge in [0.2, 0.25) is 0 Å². The van der Waals surface area contributed by atoms with Gasteiger partial charge in [-0.2, -0.15) is 0 Å². The van der Waals surface area contributed by atoms with Gasteiger partial charge in [-0.3, -0.25) is 9.59 Å². The minimum atomic E-state index is -0.909. The third kappa shape index (κ3) is 6.47. The van der Waals surface area contributed by atoms with Gasteiger partial charge in [0.25, 0.3) is 5.91 Å². The topological polar surface area (TPSA) is 66.8 Å². The molecule has 0 radical (unpaired) electrons. The van der Waals surface area contributed by atoms with E-state index >= 15 is 0 Å². The van der Waals surface area contributed by atoms with E-state index in [0.29, 0.717) is 10.3 Å². The first-order valence-corrected chi connectivity index (χ1v) is 10.5. The molecule has 1 aromatic carbocycles. The molecule has 1 saturated heterocycles. The van der Waals surface area contributed by atoms with Crippen LogP contribution in [0.1, 0.15) is 36.8 Å². The third-order valence-electron chi connectivity index (χ3n) is 3.85. The average molecular weight is 384 g/mol. The summed E-state index contributed by atoms with van der Waals surface area (Å²) in [5, 5.41) is 8.79. The number of hydrogen-bond donors (Lipinski definition) is 1. The zero-order valence-corrected chi connectivity index (χ0v) is 16.3. The Hall–Kier alpha value is -1.34. The number of carboxylic acids is 1. The monoisotopic (exact) mass is 383 g/mol. The summed E-state index contributed by atoms with van der Waals surface area (Å²) in [5.74, 6) is 1.95. The van der Waals surface area contributed by atoms with Gasteiger partial charge in [0, 0.05) is 12.6 Å². The largest absolute Gasteiger partial charge is 0.484 e. The van der Waals surface area contributed by atoms with Crippen LogP contribution in [0.15, 0.2) is 24.3 Å². The van der Waals surface area contributed by atoms with E-state index in [9.17, 15) is 9.59 Å². The zero-order chi connectivity index (χ0) is 18.2. The van der Waals surface area contributed by atoms with Crippen molar-refractivity contribution in [1.29, 1.82) is 0 Å². The van der Waals surface area contributed by atoms with E-state index < -0.39 is 5.97 Å². The van der Waals surface area contributed by atoms with Crippen LogP contribution >= 0.6 is 23.5 Å². The lowest BCUT2D eigenvalue weighted by molar-refractivity contribution is -0.139. The van der Waals surface area contributed by atoms with Crippen molar-refractivity contribution in [2.24, 2.45) is 0 Å². The van der Waals surface area contributed by atoms with E-state index in [-0.39, 0.29) is 31.5 Å². The van der Waals surface area contributed by atoms with Crippen molar-refractivity contribution in [3.05, 3.63) is 29.8 Å². The van der Waals surface area contributed by atoms with Crippen LogP contribution in [0, 0.1) is 0 Å². The highest BCUT2D eigenvalue weighted by Gasteiger charge is 2.19. The van der Waals surface area contributed by atoms with Crippen LogP contribution in [0.4, 0.5) is 0 Å². The number of carbonyl (C=O) groups excluding carboxylic acids is 1. The number of rotatable bonds is 8. The first-order valence-electron chi connectivity index (χ1n) is 8.44. The Morgan fingerprint density at radius 2 is 1.88 bits per heavy atom. The number of hydrogen-bond acceptors (Lipinski definition) is 5. The van der Waals surface area contributed by atoms with Gasteiger partial charge in [-0.15, -0.1) is 23.5 Å². The van der Waals surface area contributed by atoms with Crippen LogP contribution in [0.25, 0.3) is 0 Å². The molecule has 0 aliphatic carbocycles. The van der Waals surface area contributed by atoms with Crippen LogP contribution in [0.2, 0.25) is 0 Å². The van der Waals surface area contributed by atoms with Gasteiger partial charge < -0.3 is 14.7 Å². The SMILES string of the molecule is CC(C)N(CCC(=O)O)C(=O)COc1ccc(C2SCCCS2)cc1. The molecule has 25 heavy (non-hydrogen) atoms. The summed E-state index contributed by atoms with van der Waals surface area (Å²) in [6, 6.07) is 7.85. The Morgan fingerprint density at radius 1 is 1.24 bits per heavy atom. The lowest BCUT2D eigenvalue weighted by atomic mass is 10.2. The minimum absolute atomic E-state index is 0.0572. The number of carboxylic acid groups (broad SMARTS) is 1. The van der Waals surface area contributed by atoms with Crippen LogP contribution < -0.4 is 4.74 Å². The van der Waals surface area contributed by atoms with Gasteiger partial charge in [-0.1, -0.05) is 12.1 Å². The van der Waals surface area contributed by atoms with Crippen molar-refractivity contribution in [3.63, 3.8) is 0 Å². The Bertz CT molecular complexity index is 571. The molecule has 1 amide bonds. The Kier molecular flexibility index (Phi) is 7.96. The number of benzene rings is 1. The number of thioether (sulfide) groups is 2. The fourth-order valence-corrected chi connectivity index (χ4v) is 5.41. The Morgan fingerprint density at radius 3 is 2.44 bits per heavy atom. The van der Waals surface area contributed by atoms with Crippen LogP contribution in [0.3, 0.4) is 0 Å². The second-order valence-corrected chi connectivity index (χ2v) is 8.83. The molecule has 0 bridgehead atoms. The van der Waals surface area contributed by atoms with Crippen molar-refractivity contribution >= 4 is 35.4 Å². The summed E-state index contributed by atoms with van der Waals surface area (Å²) in [6.45, 7) is 3.86. The number of aliphatic carboxylic acids is 1. The molecule has 1 heterocycles. The fraction of sp³-hybridized carbons (Fsp3) is 0.556. The van der Waals surface area contributed by atoms with Gasteiger partial charge >= 0.3 is 5.97 Å². The molecular weight excluding hydrogens is 358 g/mol. The highest BCUT2D eigenvalue weighted by molar-refractivity contribution is 8.16. The molecule has 1 fully saturated rings. The lowest BCUT2D eigenvalue weighted by Crippen LogP contribution is -2.41. The molecule has 1 aliphatic heterocycles. The number of carbonyl (C=O) groups is 2. The molecule has 7 heteroatoms. The van der Waals surface area contributed by atoms with Gasteiger partial charge in [-0.05, 0) is 49.5 Å². The minimum Gasteiger partial charge on any atom is -0.484 e. The second kappa shape index (κ2) is 9.97. The standard InChI is InChI=1S/C18H25NO4S2/c1-13(2)19(9-8-17(21)22)16(20)12-23-15-6-4-14(5-7-15)18-24-10-3-11-25-18/h4-7,13,18H,3,8-12H2,1-2H3,(H,21,22). The summed E-state index contributed by atoms with van der Waals surface area (Å²) in [4.78, 5) is 24.5. The quantitative estimate of drug-likeness (QED) is 0.739. The normalized spacial score (nSPS) is 15.2. The third-order valence-corrected chi connectivity index (χ3v) is 6.87. The maximum Gasteiger partial charge on any atom is 0.305 e. The molecular formula is C18H25NO4S2. The number of amides is 1. The maximum absolute atomic E-state index is 12.3. The maximum atomic E-state index is 12.3. The highest BCUT2D eigenvalue weighted by atomic mass is 32.2. The molecule has 0 saturated carbocycles. The zero-order valence-electron chi connectivity index (χ0n) is 14.6. The summed E-state index contributed by atoms with van der Waals surface area (Å²) in [7, 11) is 0. The predicted molar refractivity (Wildman–Crippen MR) is 103 cm³/mol. The number of ether oxygens (including phenoxy) is 1. The fourth-order valence-electron chi connectivity index (χ4n) is 2.52. The van der Waals surface area contributed by atoms with E-state index in [1.54, 1.807) is 0 Å². The summed E-state index contributed by atoms with van der Waals surface area (Å²) >= 11 is 3.94. The second-order valence-electron chi connectivity index (χ2n) is 6.11. The van der Waals surface area contributed by atoms with E-state index in [0.717, 1.165) is 0 Å². The van der Waals surface area contributed by atoms with Gasteiger partial charge in [0.05, 0.1) is 11.0 Å². The summed E-state index contributed by atoms with van der Waals surface area (Å²) < 4.78 is 6.08. The molecule has 1 aliphatic rings. The summed E-state index contributed by atoms with van der Waals surface area (Å²) in [5.41, 5.74) is 1.28. The lowest BCUT2D eigenvalue weighted by Gasteiger charge is -2.26. The van der Waals surface area contributed by atoms with E-state index in [1.807, 2.05) is 49.5 Å². The first kappa shape index (κ1) is 20.0.